The van der Waals surface area contributed by atoms with Gasteiger partial charge in [-0.1, -0.05) is 48.0 Å². The summed E-state index contributed by atoms with van der Waals surface area (Å²) in [7, 11) is -4.30. The normalized spacial score (nSPS) is 32.1. The van der Waals surface area contributed by atoms with Crippen LogP contribution >= 0.6 is 0 Å². The van der Waals surface area contributed by atoms with Crippen LogP contribution in [0.15, 0.2) is 59.5 Å². The Kier molecular flexibility index (Phi) is 14.2. The van der Waals surface area contributed by atoms with Crippen molar-refractivity contribution in [3.63, 3.8) is 0 Å². The molecule has 2 aromatic rings. The zero-order chi connectivity index (χ0) is 38.3. The minimum atomic E-state index is -4.30. The summed E-state index contributed by atoms with van der Waals surface area (Å²) in [4.78, 5) is 11.7. The lowest BCUT2D eigenvalue weighted by molar-refractivity contribution is -0.385. The molecule has 1 amide bonds. The summed E-state index contributed by atoms with van der Waals surface area (Å²) in [5.41, 5.74) is 0.933. The van der Waals surface area contributed by atoms with E-state index in [1.807, 2.05) is 18.2 Å². The number of aryl methyl sites for hydroxylation is 1. The van der Waals surface area contributed by atoms with E-state index in [1.54, 1.807) is 52.0 Å². The number of rotatable bonds is 14. The number of nitrogens with one attached hydrogen (secondary N) is 1. The second kappa shape index (κ2) is 18.2. The van der Waals surface area contributed by atoms with Gasteiger partial charge >= 0.3 is 6.09 Å². The Bertz CT molecular complexity index is 1550. The zero-order valence-electron chi connectivity index (χ0n) is 30.2. The van der Waals surface area contributed by atoms with Gasteiger partial charge in [-0.2, -0.15) is 8.42 Å². The lowest BCUT2D eigenvalue weighted by Gasteiger charge is -2.48. The van der Waals surface area contributed by atoms with Gasteiger partial charge in [0, 0.05) is 18.7 Å². The summed E-state index contributed by atoms with van der Waals surface area (Å²) < 4.78 is 72.1. The molecule has 3 saturated heterocycles. The Morgan fingerprint density at radius 2 is 1.57 bits per heavy atom. The number of benzene rings is 2. The molecular weight excluding hydrogens is 718 g/mol. The Morgan fingerprint density at radius 1 is 0.868 bits per heavy atom. The van der Waals surface area contributed by atoms with Gasteiger partial charge in [0.05, 0.1) is 18.1 Å². The first kappa shape index (κ1) is 41.4. The highest BCUT2D eigenvalue weighted by molar-refractivity contribution is 7.86. The van der Waals surface area contributed by atoms with Gasteiger partial charge in [0.25, 0.3) is 10.1 Å². The van der Waals surface area contributed by atoms with Crippen molar-refractivity contribution in [3.8, 4) is 0 Å². The predicted octanol–water partition coefficient (Wildman–Crippen LogP) is 1.80. The molecule has 3 heterocycles. The second-order valence-corrected chi connectivity index (χ2v) is 15.9. The molecule has 0 spiro atoms. The molecule has 17 heteroatoms. The van der Waals surface area contributed by atoms with Crippen molar-refractivity contribution in [2.45, 2.75) is 125 Å². The van der Waals surface area contributed by atoms with E-state index in [1.165, 1.54) is 12.1 Å². The number of hydrogen-bond donors (Lipinski definition) is 5. The van der Waals surface area contributed by atoms with Crippen LogP contribution in [0, 0.1) is 6.92 Å². The maximum absolute atomic E-state index is 13.1. The molecule has 3 fully saturated rings. The molecule has 5 unspecified atom stereocenters. The molecule has 2 aromatic carbocycles. The number of hydrogen-bond acceptors (Lipinski definition) is 15. The molecule has 5 N–H and O–H groups in total. The molecule has 0 radical (unpaired) electrons. The van der Waals surface area contributed by atoms with E-state index in [9.17, 15) is 33.6 Å². The standard InChI is InChI=1S/C36H51NO15S/c1-21-13-15-23(16-14-21)53(43,44)47-20-25-31(26(38)28(40)33(48-25)45-18-10-6-9-17-37-35(42)52-36(2,3)4)51-34-29(41)27(39)30-24(49-34)19-46-32(50-30)22-11-7-5-8-12-22/h5,7-8,11-16,24-34,38-41H,6,9-10,17-20H2,1-4H3,(H,37,42)/t24?,25?,26-,27-,28?,29?,30+,31-,32?,33-,34+/m1/s1. The average Bonchev–Trinajstić information content (AvgIpc) is 3.11. The van der Waals surface area contributed by atoms with Crippen molar-refractivity contribution >= 4 is 16.2 Å². The first-order chi connectivity index (χ1) is 25.1. The number of amides is 1. The molecule has 3 aliphatic heterocycles. The van der Waals surface area contributed by atoms with Gasteiger partial charge in [-0.25, -0.2) is 4.79 Å². The molecule has 0 bridgehead atoms. The first-order valence-corrected chi connectivity index (χ1v) is 19.1. The Balaban J connectivity index is 1.21. The number of aliphatic hydroxyl groups is 4. The van der Waals surface area contributed by atoms with Crippen LogP contribution in [-0.2, 0) is 47.5 Å². The van der Waals surface area contributed by atoms with Crippen LogP contribution in [0.5, 0.6) is 0 Å². The maximum Gasteiger partial charge on any atom is 0.407 e. The average molecular weight is 770 g/mol. The molecule has 5 rings (SSSR count). The Hall–Kier alpha value is -2.78. The van der Waals surface area contributed by atoms with Crippen LogP contribution < -0.4 is 5.32 Å². The molecule has 16 nitrogen and oxygen atoms in total. The van der Waals surface area contributed by atoms with Gasteiger partial charge in [0.2, 0.25) is 0 Å². The summed E-state index contributed by atoms with van der Waals surface area (Å²) >= 11 is 0. The van der Waals surface area contributed by atoms with Crippen molar-refractivity contribution in [2.24, 2.45) is 0 Å². The van der Waals surface area contributed by atoms with Crippen LogP contribution in [0.25, 0.3) is 0 Å². The van der Waals surface area contributed by atoms with Crippen molar-refractivity contribution in [2.75, 3.05) is 26.4 Å². The molecule has 11 atom stereocenters. The minimum absolute atomic E-state index is 0.0332. The fourth-order valence-corrected chi connectivity index (χ4v) is 6.93. The lowest BCUT2D eigenvalue weighted by Crippen LogP contribution is -2.66. The minimum Gasteiger partial charge on any atom is -0.444 e. The third-order valence-corrected chi connectivity index (χ3v) is 10.1. The van der Waals surface area contributed by atoms with Crippen LogP contribution in [0.2, 0.25) is 0 Å². The quantitative estimate of drug-likeness (QED) is 0.137. The Morgan fingerprint density at radius 3 is 2.26 bits per heavy atom. The SMILES string of the molecule is Cc1ccc(S(=O)(=O)OCC2O[C@@H](OCCCCCNC(=O)OC(C)(C)C)C(O)[C@@H](O)[C@@H]2O[C@@H]2OC3COC(c4ccccc4)O[C@@H]3[C@H](O)C2O)cc1. The third kappa shape index (κ3) is 11.1. The topological polar surface area (TPSA) is 218 Å². The van der Waals surface area contributed by atoms with E-state index in [0.29, 0.717) is 31.4 Å². The second-order valence-electron chi connectivity index (χ2n) is 14.2. The molecule has 0 aliphatic carbocycles. The van der Waals surface area contributed by atoms with E-state index >= 15 is 0 Å². The number of carbonyl (C=O) groups excluding carboxylic acids is 1. The van der Waals surface area contributed by atoms with Crippen molar-refractivity contribution in [1.29, 1.82) is 0 Å². The monoisotopic (exact) mass is 769 g/mol. The number of ether oxygens (including phenoxy) is 7. The fraction of sp³-hybridized carbons (Fsp3) is 0.639. The third-order valence-electron chi connectivity index (χ3n) is 8.81. The van der Waals surface area contributed by atoms with Gasteiger partial charge < -0.3 is 58.9 Å². The van der Waals surface area contributed by atoms with E-state index < -0.39 is 96.1 Å². The van der Waals surface area contributed by atoms with Crippen LogP contribution in [-0.4, -0.2) is 128 Å². The zero-order valence-corrected chi connectivity index (χ0v) is 31.0. The Labute approximate surface area is 309 Å². The summed E-state index contributed by atoms with van der Waals surface area (Å²) in [6, 6.07) is 15.0. The highest BCUT2D eigenvalue weighted by Crippen LogP contribution is 2.36. The van der Waals surface area contributed by atoms with E-state index in [-0.39, 0.29) is 18.1 Å². The van der Waals surface area contributed by atoms with Gasteiger partial charge in [-0.05, 0) is 59.1 Å². The lowest BCUT2D eigenvalue weighted by atomic mass is 9.96. The first-order valence-electron chi connectivity index (χ1n) is 17.7. The van der Waals surface area contributed by atoms with Crippen molar-refractivity contribution in [3.05, 3.63) is 65.7 Å². The van der Waals surface area contributed by atoms with Gasteiger partial charge in [-0.15, -0.1) is 0 Å². The van der Waals surface area contributed by atoms with Crippen molar-refractivity contribution < 1.29 is 71.0 Å². The molecular formula is C36H51NO15S. The van der Waals surface area contributed by atoms with E-state index in [2.05, 4.69) is 5.32 Å². The van der Waals surface area contributed by atoms with E-state index in [0.717, 1.165) is 5.56 Å². The smallest absolute Gasteiger partial charge is 0.407 e. The van der Waals surface area contributed by atoms with Crippen molar-refractivity contribution in [1.82, 2.24) is 5.32 Å². The number of carbonyl (C=O) groups is 1. The number of aliphatic hydroxyl groups excluding tert-OH is 4. The van der Waals surface area contributed by atoms with Crippen LogP contribution in [0.4, 0.5) is 4.79 Å². The molecule has 0 aromatic heterocycles. The molecule has 0 saturated carbocycles. The highest BCUT2D eigenvalue weighted by atomic mass is 32.2. The predicted molar refractivity (Wildman–Crippen MR) is 185 cm³/mol. The molecule has 3 aliphatic rings. The van der Waals surface area contributed by atoms with Gasteiger partial charge in [-0.3, -0.25) is 4.18 Å². The van der Waals surface area contributed by atoms with Crippen LogP contribution in [0.3, 0.4) is 0 Å². The number of fused-ring (bicyclic) bond motifs is 1. The maximum atomic E-state index is 13.1. The summed E-state index contributed by atoms with van der Waals surface area (Å²) in [5.74, 6) is 0. The number of alkyl carbamates (subject to hydrolysis) is 1. The van der Waals surface area contributed by atoms with Crippen LogP contribution in [0.1, 0.15) is 57.5 Å². The fourth-order valence-electron chi connectivity index (χ4n) is 6.01. The molecule has 296 valence electrons. The van der Waals surface area contributed by atoms with Gasteiger partial charge in [0.1, 0.15) is 54.4 Å². The molecule has 53 heavy (non-hydrogen) atoms. The van der Waals surface area contributed by atoms with E-state index in [4.69, 9.17) is 37.3 Å². The largest absolute Gasteiger partial charge is 0.444 e. The summed E-state index contributed by atoms with van der Waals surface area (Å²) in [6.45, 7) is 6.86. The number of unbranched alkanes of at least 4 members (excludes halogenated alkanes) is 2. The van der Waals surface area contributed by atoms with Gasteiger partial charge in [0.15, 0.2) is 18.9 Å². The summed E-state index contributed by atoms with van der Waals surface area (Å²) in [6.07, 6.45) is -14.0. The summed E-state index contributed by atoms with van der Waals surface area (Å²) in [5, 5.41) is 47.2. The highest BCUT2D eigenvalue weighted by Gasteiger charge is 2.53.